The van der Waals surface area contributed by atoms with Gasteiger partial charge in [-0.15, -0.1) is 0 Å². The van der Waals surface area contributed by atoms with E-state index in [1.807, 2.05) is 0 Å². The Hall–Kier alpha value is -3.24. The van der Waals surface area contributed by atoms with Gasteiger partial charge in [0.25, 0.3) is 5.62 Å². The third kappa shape index (κ3) is 3.59. The first-order valence-corrected chi connectivity index (χ1v) is 9.70. The van der Waals surface area contributed by atoms with Gasteiger partial charge in [0, 0.05) is 5.22 Å². The monoisotopic (exact) mass is 401 g/mol. The molecular formula is C18H20FN7O3. The third-order valence-electron chi connectivity index (χ3n) is 5.12. The summed E-state index contributed by atoms with van der Waals surface area (Å²) in [6.07, 6.45) is 6.23. The molecule has 3 aromatic heterocycles. The number of imidazole rings is 1. The van der Waals surface area contributed by atoms with Crippen molar-refractivity contribution in [3.63, 3.8) is 0 Å². The molecule has 2 aliphatic rings. The molecule has 2 aliphatic carbocycles. The summed E-state index contributed by atoms with van der Waals surface area (Å²) in [5.74, 6) is -0.287. The maximum Gasteiger partial charge on any atom is 0.326 e. The number of H-pyrrole nitrogens is 2. The number of halogens is 1. The molecule has 3 heterocycles. The number of nitrogens with zero attached hydrogens (tertiary/aromatic N) is 5. The van der Waals surface area contributed by atoms with E-state index in [4.69, 9.17) is 4.74 Å². The van der Waals surface area contributed by atoms with Crippen LogP contribution in [0, 0.1) is 0 Å². The molecule has 3 aromatic rings. The summed E-state index contributed by atoms with van der Waals surface area (Å²) >= 11 is 0. The summed E-state index contributed by atoms with van der Waals surface area (Å²) in [6.45, 7) is 0. The summed E-state index contributed by atoms with van der Waals surface area (Å²) in [5.41, 5.74) is 0.398. The van der Waals surface area contributed by atoms with Crippen LogP contribution in [-0.4, -0.2) is 53.0 Å². The molecule has 2 atom stereocenters. The molecule has 152 valence electrons. The number of aromatic hydroxyl groups is 1. The van der Waals surface area contributed by atoms with Gasteiger partial charge >= 0.3 is 11.7 Å². The minimum atomic E-state index is -1.05. The van der Waals surface area contributed by atoms with Crippen LogP contribution in [0.25, 0.3) is 11.7 Å². The summed E-state index contributed by atoms with van der Waals surface area (Å²) in [4.78, 5) is 29.5. The molecule has 0 saturated heterocycles. The fourth-order valence-electron chi connectivity index (χ4n) is 3.43. The normalized spacial score (nSPS) is 23.8. The highest BCUT2D eigenvalue weighted by Crippen LogP contribution is 2.25. The zero-order chi connectivity index (χ0) is 20.0. The average molecular weight is 401 g/mol. The van der Waals surface area contributed by atoms with E-state index in [9.17, 15) is 14.3 Å². The highest BCUT2D eigenvalue weighted by molar-refractivity contribution is 5.56. The van der Waals surface area contributed by atoms with Crippen LogP contribution in [0.4, 0.5) is 4.39 Å². The van der Waals surface area contributed by atoms with Gasteiger partial charge in [0.1, 0.15) is 18.0 Å². The molecule has 0 radical (unpaired) electrons. The maximum absolute atomic E-state index is 14.2. The van der Waals surface area contributed by atoms with Crippen molar-refractivity contribution >= 4 is 11.7 Å². The predicted molar refractivity (Wildman–Crippen MR) is 99.0 cm³/mol. The van der Waals surface area contributed by atoms with Crippen molar-refractivity contribution in [3.05, 3.63) is 33.2 Å². The fourth-order valence-corrected chi connectivity index (χ4v) is 3.43. The van der Waals surface area contributed by atoms with Gasteiger partial charge in [0.15, 0.2) is 5.65 Å². The molecule has 0 aromatic carbocycles. The molecule has 2 fully saturated rings. The SMILES string of the molecule is O=c1[nH]c(O)c(C=c2cnn3c(=NC4CC4)nc(O[C@@H]4CCCC[C@H]4F)nc23)[nH]1. The molecule has 10 nitrogen and oxygen atoms in total. The summed E-state index contributed by atoms with van der Waals surface area (Å²) in [5, 5.41) is 14.6. The molecule has 11 heteroatoms. The molecular weight excluding hydrogens is 381 g/mol. The van der Waals surface area contributed by atoms with Crippen LogP contribution >= 0.6 is 0 Å². The lowest BCUT2D eigenvalue weighted by atomic mass is 9.96. The Balaban J connectivity index is 1.63. The van der Waals surface area contributed by atoms with Crippen LogP contribution in [0.15, 0.2) is 16.0 Å². The minimum absolute atomic E-state index is 0.0494. The molecule has 0 spiro atoms. The number of alkyl halides is 1. The Morgan fingerprint density at radius 2 is 2.07 bits per heavy atom. The Morgan fingerprint density at radius 1 is 1.24 bits per heavy atom. The lowest BCUT2D eigenvalue weighted by Crippen LogP contribution is -2.33. The summed E-state index contributed by atoms with van der Waals surface area (Å²) < 4.78 is 21.5. The quantitative estimate of drug-likeness (QED) is 0.568. The van der Waals surface area contributed by atoms with E-state index in [2.05, 4.69) is 30.0 Å². The highest BCUT2D eigenvalue weighted by atomic mass is 19.1. The van der Waals surface area contributed by atoms with Crippen molar-refractivity contribution < 1.29 is 14.2 Å². The van der Waals surface area contributed by atoms with Crippen LogP contribution in [0.2, 0.25) is 0 Å². The molecule has 0 bridgehead atoms. The first kappa shape index (κ1) is 17.8. The second-order valence-electron chi connectivity index (χ2n) is 7.44. The van der Waals surface area contributed by atoms with Gasteiger partial charge in [-0.25, -0.2) is 14.2 Å². The number of ether oxygens (including phenoxy) is 1. The van der Waals surface area contributed by atoms with Crippen LogP contribution in [0.1, 0.15) is 44.2 Å². The van der Waals surface area contributed by atoms with Gasteiger partial charge < -0.3 is 14.8 Å². The van der Waals surface area contributed by atoms with Gasteiger partial charge in [0.2, 0.25) is 5.88 Å². The van der Waals surface area contributed by atoms with E-state index < -0.39 is 18.0 Å². The van der Waals surface area contributed by atoms with Crippen molar-refractivity contribution in [2.45, 2.75) is 56.8 Å². The van der Waals surface area contributed by atoms with Gasteiger partial charge in [-0.05, 0) is 38.2 Å². The standard InChI is InChI=1S/C18H20FN7O3/c19-11-3-1-2-4-13(11)29-18-23-14-9(7-12-15(27)24-17(28)22-12)8-20-26(14)16(25-18)21-10-5-6-10/h7-8,10-11,13,27H,1-6H2,(H2,22,24,28)/t11-,13-/m1/s1. The van der Waals surface area contributed by atoms with Crippen molar-refractivity contribution in [2.24, 2.45) is 4.99 Å². The number of hydrogen-bond acceptors (Lipinski definition) is 7. The van der Waals surface area contributed by atoms with Crippen molar-refractivity contribution in [1.82, 2.24) is 29.5 Å². The Morgan fingerprint density at radius 3 is 2.79 bits per heavy atom. The smallest absolute Gasteiger partial charge is 0.326 e. The first-order valence-electron chi connectivity index (χ1n) is 9.70. The fraction of sp³-hybridized carbons (Fsp3) is 0.500. The second-order valence-corrected chi connectivity index (χ2v) is 7.44. The number of aromatic amines is 2. The van der Waals surface area contributed by atoms with Crippen molar-refractivity contribution in [2.75, 3.05) is 0 Å². The van der Waals surface area contributed by atoms with Gasteiger partial charge in [-0.3, -0.25) is 4.98 Å². The lowest BCUT2D eigenvalue weighted by Gasteiger charge is -2.25. The van der Waals surface area contributed by atoms with Crippen LogP contribution < -0.4 is 21.3 Å². The van der Waals surface area contributed by atoms with E-state index in [-0.39, 0.29) is 23.6 Å². The van der Waals surface area contributed by atoms with Gasteiger partial charge in [-0.1, -0.05) is 6.42 Å². The predicted octanol–water partition coefficient (Wildman–Crippen LogP) is 0.117. The molecule has 5 rings (SSSR count). The Kier molecular flexibility index (Phi) is 4.29. The average Bonchev–Trinajstić information content (AvgIpc) is 3.33. The number of fused-ring (bicyclic) bond motifs is 1. The molecule has 0 unspecified atom stereocenters. The van der Waals surface area contributed by atoms with E-state index in [1.54, 1.807) is 0 Å². The maximum atomic E-state index is 14.2. The molecule has 0 aliphatic heterocycles. The highest BCUT2D eigenvalue weighted by Gasteiger charge is 2.28. The number of rotatable bonds is 4. The van der Waals surface area contributed by atoms with E-state index >= 15 is 0 Å². The van der Waals surface area contributed by atoms with Crippen molar-refractivity contribution in [3.8, 4) is 11.9 Å². The number of aromatic nitrogens is 6. The topological polar surface area (TPSA) is 134 Å². The number of nitrogens with one attached hydrogen (secondary N) is 2. The third-order valence-corrected chi connectivity index (χ3v) is 5.12. The Labute approximate surface area is 163 Å². The largest absolute Gasteiger partial charge is 0.493 e. The van der Waals surface area contributed by atoms with Crippen molar-refractivity contribution in [1.29, 1.82) is 0 Å². The molecule has 3 N–H and O–H groups in total. The van der Waals surface area contributed by atoms with E-state index in [1.165, 1.54) is 16.8 Å². The lowest BCUT2D eigenvalue weighted by molar-refractivity contribution is 0.0559. The molecule has 0 amide bonds. The molecule has 29 heavy (non-hydrogen) atoms. The zero-order valence-corrected chi connectivity index (χ0v) is 15.5. The summed E-state index contributed by atoms with van der Waals surface area (Å²) in [6, 6.07) is 0.236. The first-order chi connectivity index (χ1) is 14.1. The Bertz CT molecular complexity index is 1230. The van der Waals surface area contributed by atoms with E-state index in [0.29, 0.717) is 29.3 Å². The molecule has 2 saturated carbocycles. The summed E-state index contributed by atoms with van der Waals surface area (Å²) in [7, 11) is 0. The van der Waals surface area contributed by atoms with Crippen LogP contribution in [0.3, 0.4) is 0 Å². The minimum Gasteiger partial charge on any atom is -0.493 e. The second kappa shape index (κ2) is 6.98. The zero-order valence-electron chi connectivity index (χ0n) is 15.5. The van der Waals surface area contributed by atoms with Crippen LogP contribution in [0.5, 0.6) is 11.9 Å². The van der Waals surface area contributed by atoms with Crippen LogP contribution in [-0.2, 0) is 0 Å². The van der Waals surface area contributed by atoms with Gasteiger partial charge in [-0.2, -0.15) is 19.6 Å². The van der Waals surface area contributed by atoms with Gasteiger partial charge in [0.05, 0.1) is 12.2 Å². The number of hydrogen-bond donors (Lipinski definition) is 3. The van der Waals surface area contributed by atoms with E-state index in [0.717, 1.165) is 25.7 Å².